The Labute approximate surface area is 107 Å². The Morgan fingerprint density at radius 1 is 1.29 bits per heavy atom. The first-order valence-electron chi connectivity index (χ1n) is 4.94. The number of benzene rings is 1. The molecule has 0 fully saturated rings. The fourth-order valence-corrected chi connectivity index (χ4v) is 1.67. The van der Waals surface area contributed by atoms with E-state index < -0.39 is 0 Å². The van der Waals surface area contributed by atoms with Crippen LogP contribution in [0.4, 0.5) is 11.5 Å². The Morgan fingerprint density at radius 3 is 2.82 bits per heavy atom. The summed E-state index contributed by atoms with van der Waals surface area (Å²) in [6.45, 7) is 1.97. The van der Waals surface area contributed by atoms with E-state index in [2.05, 4.69) is 37.3 Å². The molecule has 0 bridgehead atoms. The number of aryl methyl sites for hydroxylation is 1. The van der Waals surface area contributed by atoms with Crippen LogP contribution < -0.4 is 5.32 Å². The van der Waals surface area contributed by atoms with Gasteiger partial charge >= 0.3 is 0 Å². The van der Waals surface area contributed by atoms with Crippen LogP contribution in [0.1, 0.15) is 11.1 Å². The number of halogens is 1. The maximum Gasteiger partial charge on any atom is 0.134 e. The van der Waals surface area contributed by atoms with Gasteiger partial charge in [0.1, 0.15) is 16.7 Å². The van der Waals surface area contributed by atoms with Crippen LogP contribution in [0, 0.1) is 18.3 Å². The summed E-state index contributed by atoms with van der Waals surface area (Å²) in [7, 11) is 0. The molecule has 0 aliphatic rings. The van der Waals surface area contributed by atoms with E-state index in [4.69, 9.17) is 5.26 Å². The van der Waals surface area contributed by atoms with Crippen molar-refractivity contribution in [3.63, 3.8) is 0 Å². The Balaban J connectivity index is 2.33. The van der Waals surface area contributed by atoms with Crippen molar-refractivity contribution in [2.45, 2.75) is 6.92 Å². The van der Waals surface area contributed by atoms with Crippen molar-refractivity contribution in [3.8, 4) is 6.07 Å². The van der Waals surface area contributed by atoms with Gasteiger partial charge in [0.05, 0.1) is 11.6 Å². The normalized spacial score (nSPS) is 9.71. The summed E-state index contributed by atoms with van der Waals surface area (Å²) in [4.78, 5) is 8.05. The lowest BCUT2D eigenvalue weighted by molar-refractivity contribution is 1.14. The monoisotopic (exact) mass is 288 g/mol. The second-order valence-corrected chi connectivity index (χ2v) is 4.30. The van der Waals surface area contributed by atoms with E-state index in [1.54, 1.807) is 18.2 Å². The maximum absolute atomic E-state index is 8.85. The van der Waals surface area contributed by atoms with Gasteiger partial charge in [-0.15, -0.1) is 0 Å². The van der Waals surface area contributed by atoms with Crippen molar-refractivity contribution >= 4 is 27.4 Å². The van der Waals surface area contributed by atoms with Crippen molar-refractivity contribution in [3.05, 3.63) is 46.3 Å². The molecule has 0 aliphatic heterocycles. The van der Waals surface area contributed by atoms with Gasteiger partial charge in [0.25, 0.3) is 0 Å². The molecule has 0 saturated carbocycles. The second-order valence-electron chi connectivity index (χ2n) is 3.49. The largest absolute Gasteiger partial charge is 0.340 e. The van der Waals surface area contributed by atoms with Gasteiger partial charge in [-0.2, -0.15) is 5.26 Å². The third kappa shape index (κ3) is 2.80. The number of hydrogen-bond donors (Lipinski definition) is 1. The Bertz CT molecular complexity index is 589. The second kappa shape index (κ2) is 4.93. The SMILES string of the molecule is Cc1ccc(C#N)cc1Nc1cc(Br)ncn1. The zero-order chi connectivity index (χ0) is 12.3. The van der Waals surface area contributed by atoms with Crippen molar-refractivity contribution in [2.24, 2.45) is 0 Å². The molecule has 1 aromatic carbocycles. The van der Waals surface area contributed by atoms with Crippen molar-refractivity contribution in [1.29, 1.82) is 5.26 Å². The van der Waals surface area contributed by atoms with Crippen LogP contribution >= 0.6 is 15.9 Å². The Hall–Kier alpha value is -1.93. The van der Waals surface area contributed by atoms with E-state index in [1.807, 2.05) is 13.0 Å². The molecule has 2 aromatic rings. The quantitative estimate of drug-likeness (QED) is 0.863. The van der Waals surface area contributed by atoms with E-state index in [9.17, 15) is 0 Å². The fourth-order valence-electron chi connectivity index (χ4n) is 1.37. The molecule has 0 unspecified atom stereocenters. The summed E-state index contributed by atoms with van der Waals surface area (Å²) in [5, 5.41) is 12.0. The molecular formula is C12H9BrN4. The molecule has 1 heterocycles. The number of nitrogens with zero attached hydrogens (tertiary/aromatic N) is 3. The molecule has 0 spiro atoms. The van der Waals surface area contributed by atoms with Crippen molar-refractivity contribution in [2.75, 3.05) is 5.32 Å². The van der Waals surface area contributed by atoms with Crippen LogP contribution in [0.5, 0.6) is 0 Å². The van der Waals surface area contributed by atoms with Gasteiger partial charge in [0.15, 0.2) is 0 Å². The van der Waals surface area contributed by atoms with Crippen LogP contribution in [0.25, 0.3) is 0 Å². The highest BCUT2D eigenvalue weighted by Gasteiger charge is 2.02. The number of anilines is 2. The zero-order valence-electron chi connectivity index (χ0n) is 9.11. The lowest BCUT2D eigenvalue weighted by Crippen LogP contribution is -1.96. The molecule has 0 saturated heterocycles. The van der Waals surface area contributed by atoms with Crippen molar-refractivity contribution < 1.29 is 0 Å². The lowest BCUT2D eigenvalue weighted by Gasteiger charge is -2.08. The molecule has 4 nitrogen and oxygen atoms in total. The highest BCUT2D eigenvalue weighted by atomic mass is 79.9. The summed E-state index contributed by atoms with van der Waals surface area (Å²) in [5.74, 6) is 0.685. The first-order chi connectivity index (χ1) is 8.19. The predicted octanol–water partition coefficient (Wildman–Crippen LogP) is 3.16. The molecule has 84 valence electrons. The number of nitriles is 1. The number of aromatic nitrogens is 2. The van der Waals surface area contributed by atoms with Crippen LogP contribution in [0.3, 0.4) is 0 Å². The van der Waals surface area contributed by atoms with Gasteiger partial charge in [0, 0.05) is 11.8 Å². The third-order valence-electron chi connectivity index (χ3n) is 2.26. The van der Waals surface area contributed by atoms with Gasteiger partial charge in [-0.05, 0) is 40.5 Å². The summed E-state index contributed by atoms with van der Waals surface area (Å²) >= 11 is 3.28. The predicted molar refractivity (Wildman–Crippen MR) is 68.9 cm³/mol. The first-order valence-corrected chi connectivity index (χ1v) is 5.73. The minimum Gasteiger partial charge on any atom is -0.340 e. The van der Waals surface area contributed by atoms with Gasteiger partial charge in [-0.1, -0.05) is 6.07 Å². The summed E-state index contributed by atoms with van der Waals surface area (Å²) in [5.41, 5.74) is 2.54. The topological polar surface area (TPSA) is 61.6 Å². The fraction of sp³-hybridized carbons (Fsp3) is 0.0833. The minimum atomic E-state index is 0.617. The average molecular weight is 289 g/mol. The van der Waals surface area contributed by atoms with Crippen LogP contribution in [-0.2, 0) is 0 Å². The standard InChI is InChI=1S/C12H9BrN4/c1-8-2-3-9(6-14)4-10(8)17-12-5-11(13)15-7-16-12/h2-5,7H,1H3,(H,15,16,17). The van der Waals surface area contributed by atoms with Gasteiger partial charge in [0.2, 0.25) is 0 Å². The molecule has 0 amide bonds. The summed E-state index contributed by atoms with van der Waals surface area (Å²) in [6, 6.07) is 9.37. The first kappa shape index (κ1) is 11.6. The van der Waals surface area contributed by atoms with Gasteiger partial charge < -0.3 is 5.32 Å². The molecule has 0 radical (unpaired) electrons. The maximum atomic E-state index is 8.85. The minimum absolute atomic E-state index is 0.617. The molecule has 1 N–H and O–H groups in total. The van der Waals surface area contributed by atoms with Crippen LogP contribution in [0.2, 0.25) is 0 Å². The van der Waals surface area contributed by atoms with E-state index >= 15 is 0 Å². The number of hydrogen-bond acceptors (Lipinski definition) is 4. The molecular weight excluding hydrogens is 280 g/mol. The van der Waals surface area contributed by atoms with Crippen LogP contribution in [0.15, 0.2) is 35.2 Å². The smallest absolute Gasteiger partial charge is 0.134 e. The molecule has 0 atom stereocenters. The van der Waals surface area contributed by atoms with Crippen LogP contribution in [-0.4, -0.2) is 9.97 Å². The third-order valence-corrected chi connectivity index (χ3v) is 2.70. The molecule has 17 heavy (non-hydrogen) atoms. The number of nitrogens with one attached hydrogen (secondary N) is 1. The van der Waals surface area contributed by atoms with E-state index in [0.29, 0.717) is 16.0 Å². The highest BCUT2D eigenvalue weighted by molar-refractivity contribution is 9.10. The Morgan fingerprint density at radius 2 is 2.12 bits per heavy atom. The van der Waals surface area contributed by atoms with Gasteiger partial charge in [-0.25, -0.2) is 9.97 Å². The van der Waals surface area contributed by atoms with Crippen molar-refractivity contribution in [1.82, 2.24) is 9.97 Å². The average Bonchev–Trinajstić information content (AvgIpc) is 2.32. The van der Waals surface area contributed by atoms with Gasteiger partial charge in [-0.3, -0.25) is 0 Å². The highest BCUT2D eigenvalue weighted by Crippen LogP contribution is 2.21. The lowest BCUT2D eigenvalue weighted by atomic mass is 10.1. The van der Waals surface area contributed by atoms with E-state index in [0.717, 1.165) is 11.3 Å². The number of rotatable bonds is 2. The zero-order valence-corrected chi connectivity index (χ0v) is 10.7. The Kier molecular flexibility index (Phi) is 3.35. The molecule has 1 aromatic heterocycles. The molecule has 5 heteroatoms. The van der Waals surface area contributed by atoms with E-state index in [-0.39, 0.29) is 0 Å². The summed E-state index contributed by atoms with van der Waals surface area (Å²) < 4.78 is 0.712. The van der Waals surface area contributed by atoms with E-state index in [1.165, 1.54) is 6.33 Å². The molecule has 0 aliphatic carbocycles. The summed E-state index contributed by atoms with van der Waals surface area (Å²) in [6.07, 6.45) is 1.47. The molecule has 2 rings (SSSR count).